The van der Waals surface area contributed by atoms with E-state index in [0.29, 0.717) is 23.8 Å². The van der Waals surface area contributed by atoms with Crippen molar-refractivity contribution in [2.75, 3.05) is 16.9 Å². The van der Waals surface area contributed by atoms with Crippen LogP contribution in [-0.4, -0.2) is 28.0 Å². The maximum atomic E-state index is 13.6. The number of fused-ring (bicyclic) bond motifs is 1. The lowest BCUT2D eigenvalue weighted by molar-refractivity contribution is -0.137. The summed E-state index contributed by atoms with van der Waals surface area (Å²) in [5.41, 5.74) is 8.92. The summed E-state index contributed by atoms with van der Waals surface area (Å²) in [6.45, 7) is 3.95. The van der Waals surface area contributed by atoms with Gasteiger partial charge in [0.05, 0.1) is 28.1 Å². The van der Waals surface area contributed by atoms with Gasteiger partial charge in [0.2, 0.25) is 0 Å². The second-order valence-electron chi connectivity index (χ2n) is 8.39. The van der Waals surface area contributed by atoms with E-state index in [-0.39, 0.29) is 11.4 Å². The van der Waals surface area contributed by atoms with Crippen molar-refractivity contribution in [2.45, 2.75) is 20.0 Å². The molecule has 3 heterocycles. The molecule has 7 nitrogen and oxygen atoms in total. The topological polar surface area (TPSA) is 88.5 Å². The molecular formula is C25H21F3N6OS. The maximum Gasteiger partial charge on any atom is 0.416 e. The number of nitrogens with one attached hydrogen (secondary N) is 1. The molecule has 1 amide bonds. The van der Waals surface area contributed by atoms with Crippen LogP contribution in [0.3, 0.4) is 0 Å². The van der Waals surface area contributed by atoms with Crippen LogP contribution < -0.4 is 16.0 Å². The molecule has 1 aliphatic heterocycles. The van der Waals surface area contributed by atoms with Crippen molar-refractivity contribution in [3.63, 3.8) is 0 Å². The number of amidine groups is 1. The van der Waals surface area contributed by atoms with Crippen LogP contribution in [0.5, 0.6) is 0 Å². The van der Waals surface area contributed by atoms with Gasteiger partial charge in [0.25, 0.3) is 5.91 Å². The number of hydrogen-bond donors (Lipinski definition) is 2. The number of aromatic nitrogens is 2. The molecule has 0 bridgehead atoms. The third-order valence-electron chi connectivity index (χ3n) is 5.83. The summed E-state index contributed by atoms with van der Waals surface area (Å²) in [7, 11) is 0. The third-order valence-corrected chi connectivity index (χ3v) is 6.75. The molecule has 0 saturated carbocycles. The molecule has 1 aliphatic rings. The Balaban J connectivity index is 1.47. The Morgan fingerprint density at radius 3 is 2.64 bits per heavy atom. The molecule has 184 valence electrons. The van der Waals surface area contributed by atoms with E-state index in [1.165, 1.54) is 28.3 Å². The standard InChI is InChI=1S/C25H21F3N6OS/c1-14-3-4-16(7-21(14)34-13-31-23(29)22-20(34)5-6-36-22)24(35)32-18-8-17(25(26,27)28)9-19(10-18)33-11-15(2)30-12-33/h3-12H,13H2,1-2H3,(H2,29,31)(H,32,35). The average molecular weight is 511 g/mol. The molecule has 11 heteroatoms. The van der Waals surface area contributed by atoms with Crippen LogP contribution >= 0.6 is 11.3 Å². The number of benzene rings is 2. The van der Waals surface area contributed by atoms with Gasteiger partial charge in [0.1, 0.15) is 12.5 Å². The van der Waals surface area contributed by atoms with E-state index < -0.39 is 17.6 Å². The van der Waals surface area contributed by atoms with E-state index >= 15 is 0 Å². The van der Waals surface area contributed by atoms with E-state index in [1.807, 2.05) is 23.3 Å². The first-order valence-electron chi connectivity index (χ1n) is 10.9. The Bertz CT molecular complexity index is 1500. The minimum atomic E-state index is -4.59. The number of nitrogens with zero attached hydrogens (tertiary/aromatic N) is 4. The zero-order valence-electron chi connectivity index (χ0n) is 19.3. The van der Waals surface area contributed by atoms with Crippen molar-refractivity contribution in [3.05, 3.63) is 87.6 Å². The number of aliphatic imine (C=N–C) groups is 1. The van der Waals surface area contributed by atoms with Crippen molar-refractivity contribution in [1.29, 1.82) is 0 Å². The van der Waals surface area contributed by atoms with E-state index in [1.54, 1.807) is 31.3 Å². The van der Waals surface area contributed by atoms with Gasteiger partial charge in [-0.05, 0) is 61.2 Å². The minimum absolute atomic E-state index is 0.0220. The summed E-state index contributed by atoms with van der Waals surface area (Å²) in [5.74, 6) is -0.0647. The predicted octanol–water partition coefficient (Wildman–Crippen LogP) is 5.64. The van der Waals surface area contributed by atoms with E-state index in [0.717, 1.165) is 33.9 Å². The highest BCUT2D eigenvalue weighted by Gasteiger charge is 2.32. The maximum absolute atomic E-state index is 13.6. The molecule has 0 spiro atoms. The van der Waals surface area contributed by atoms with Crippen LogP contribution in [0.1, 0.15) is 32.1 Å². The lowest BCUT2D eigenvalue weighted by Crippen LogP contribution is -2.28. The first kappa shape index (κ1) is 23.6. The van der Waals surface area contributed by atoms with Gasteiger partial charge < -0.3 is 20.5 Å². The normalized spacial score (nSPS) is 13.4. The highest BCUT2D eigenvalue weighted by atomic mass is 32.1. The van der Waals surface area contributed by atoms with Gasteiger partial charge in [0, 0.05) is 28.8 Å². The minimum Gasteiger partial charge on any atom is -0.383 e. The fourth-order valence-electron chi connectivity index (χ4n) is 4.01. The van der Waals surface area contributed by atoms with Gasteiger partial charge in [-0.3, -0.25) is 4.79 Å². The summed E-state index contributed by atoms with van der Waals surface area (Å²) < 4.78 is 42.3. The lowest BCUT2D eigenvalue weighted by atomic mass is 10.1. The summed E-state index contributed by atoms with van der Waals surface area (Å²) in [6.07, 6.45) is -1.55. The zero-order valence-corrected chi connectivity index (χ0v) is 20.1. The summed E-state index contributed by atoms with van der Waals surface area (Å²) in [4.78, 5) is 24.4. The van der Waals surface area contributed by atoms with Crippen LogP contribution in [0.25, 0.3) is 5.69 Å². The SMILES string of the molecule is Cc1cn(-c2cc(NC(=O)c3ccc(C)c(N4CN=C(N)c5sccc54)c3)cc(C(F)(F)F)c2)cn1. The molecule has 2 aromatic heterocycles. The highest BCUT2D eigenvalue weighted by molar-refractivity contribution is 7.12. The Morgan fingerprint density at radius 2 is 1.92 bits per heavy atom. The monoisotopic (exact) mass is 510 g/mol. The Morgan fingerprint density at radius 1 is 1.11 bits per heavy atom. The first-order valence-corrected chi connectivity index (χ1v) is 11.8. The molecule has 0 unspecified atom stereocenters. The Hall–Kier alpha value is -4.12. The molecule has 0 saturated heterocycles. The molecule has 36 heavy (non-hydrogen) atoms. The summed E-state index contributed by atoms with van der Waals surface area (Å²) in [6, 6.07) is 10.5. The van der Waals surface area contributed by atoms with Crippen LogP contribution in [-0.2, 0) is 6.18 Å². The number of rotatable bonds is 4. The smallest absolute Gasteiger partial charge is 0.383 e. The van der Waals surface area contributed by atoms with Crippen molar-refractivity contribution >= 4 is 40.1 Å². The van der Waals surface area contributed by atoms with Crippen molar-refractivity contribution in [3.8, 4) is 5.69 Å². The zero-order chi connectivity index (χ0) is 25.6. The number of anilines is 3. The van der Waals surface area contributed by atoms with Crippen molar-refractivity contribution < 1.29 is 18.0 Å². The number of amides is 1. The van der Waals surface area contributed by atoms with Crippen LogP contribution in [0.15, 0.2) is 65.4 Å². The van der Waals surface area contributed by atoms with E-state index in [2.05, 4.69) is 15.3 Å². The van der Waals surface area contributed by atoms with Crippen LogP contribution in [0.4, 0.5) is 30.2 Å². The number of thiophene rings is 1. The largest absolute Gasteiger partial charge is 0.416 e. The molecular weight excluding hydrogens is 489 g/mol. The molecule has 3 N–H and O–H groups in total. The second-order valence-corrected chi connectivity index (χ2v) is 9.31. The highest BCUT2D eigenvalue weighted by Crippen LogP contribution is 2.37. The number of halogens is 3. The molecule has 5 rings (SSSR count). The van der Waals surface area contributed by atoms with E-state index in [9.17, 15) is 18.0 Å². The number of alkyl halides is 3. The van der Waals surface area contributed by atoms with Gasteiger partial charge in [-0.15, -0.1) is 11.3 Å². The Kier molecular flexibility index (Phi) is 5.79. The van der Waals surface area contributed by atoms with Gasteiger partial charge in [-0.25, -0.2) is 9.98 Å². The summed E-state index contributed by atoms with van der Waals surface area (Å²) in [5, 5.41) is 4.54. The number of carbonyl (C=O) groups excluding carboxylic acids is 1. The molecule has 0 radical (unpaired) electrons. The number of imidazole rings is 1. The average Bonchev–Trinajstić information content (AvgIpc) is 3.49. The fraction of sp³-hybridized carbons (Fsp3) is 0.160. The molecule has 0 atom stereocenters. The molecule has 2 aromatic carbocycles. The quantitative estimate of drug-likeness (QED) is 0.372. The third kappa shape index (κ3) is 4.44. The Labute approximate surface area is 208 Å². The van der Waals surface area contributed by atoms with Gasteiger partial charge in [0.15, 0.2) is 0 Å². The van der Waals surface area contributed by atoms with Crippen LogP contribution in [0.2, 0.25) is 0 Å². The predicted molar refractivity (Wildman–Crippen MR) is 134 cm³/mol. The van der Waals surface area contributed by atoms with Crippen molar-refractivity contribution in [2.24, 2.45) is 10.7 Å². The second kappa shape index (κ2) is 8.83. The van der Waals surface area contributed by atoms with Gasteiger partial charge in [-0.2, -0.15) is 13.2 Å². The number of hydrogen-bond acceptors (Lipinski definition) is 6. The molecule has 4 aromatic rings. The number of nitrogens with two attached hydrogens (primary N) is 1. The summed E-state index contributed by atoms with van der Waals surface area (Å²) >= 11 is 1.48. The van der Waals surface area contributed by atoms with Gasteiger partial charge in [-0.1, -0.05) is 6.07 Å². The lowest BCUT2D eigenvalue weighted by Gasteiger charge is -2.28. The number of carbonyl (C=O) groups is 1. The van der Waals surface area contributed by atoms with Gasteiger partial charge >= 0.3 is 6.18 Å². The first-order chi connectivity index (χ1) is 17.1. The number of aryl methyl sites for hydroxylation is 2. The molecule has 0 fully saturated rings. The molecule has 0 aliphatic carbocycles. The van der Waals surface area contributed by atoms with E-state index in [4.69, 9.17) is 5.73 Å². The van der Waals surface area contributed by atoms with Crippen LogP contribution in [0, 0.1) is 13.8 Å². The van der Waals surface area contributed by atoms with Crippen molar-refractivity contribution in [1.82, 2.24) is 9.55 Å². The fourth-order valence-corrected chi connectivity index (χ4v) is 4.83.